The molecule has 164 valence electrons. The highest BCUT2D eigenvalue weighted by Crippen LogP contribution is 2.33. The van der Waals surface area contributed by atoms with Crippen molar-refractivity contribution < 1.29 is 14.3 Å². The lowest BCUT2D eigenvalue weighted by atomic mass is 9.99. The van der Waals surface area contributed by atoms with Gasteiger partial charge in [-0.3, -0.25) is 0 Å². The van der Waals surface area contributed by atoms with Gasteiger partial charge in [-0.15, -0.1) is 0 Å². The highest BCUT2D eigenvalue weighted by atomic mass is 16.5. The van der Waals surface area contributed by atoms with Gasteiger partial charge in [0.1, 0.15) is 5.75 Å². The Morgan fingerprint density at radius 3 is 2.87 bits per heavy atom. The van der Waals surface area contributed by atoms with E-state index in [4.69, 9.17) is 4.74 Å². The first-order valence-electron chi connectivity index (χ1n) is 10.1. The summed E-state index contributed by atoms with van der Waals surface area (Å²) in [6, 6.07) is 4.02. The molecular weight excluding hydrogens is 398 g/mol. The smallest absolute Gasteiger partial charge is 0.407 e. The van der Waals surface area contributed by atoms with E-state index in [9.17, 15) is 4.79 Å². The van der Waals surface area contributed by atoms with Crippen LogP contribution in [0.15, 0.2) is 24.5 Å². The normalized spacial score (nSPS) is 14.7. The van der Waals surface area contributed by atoms with E-state index in [-0.39, 0.29) is 6.04 Å². The number of hydrogen-bond donors (Lipinski definition) is 2. The van der Waals surface area contributed by atoms with Crippen LogP contribution < -0.4 is 15.4 Å². The molecule has 0 spiro atoms. The van der Waals surface area contributed by atoms with E-state index >= 15 is 0 Å². The van der Waals surface area contributed by atoms with Gasteiger partial charge in [0.25, 0.3) is 0 Å². The maximum atomic E-state index is 11.4. The van der Waals surface area contributed by atoms with E-state index in [0.29, 0.717) is 18.1 Å². The number of hydrogen-bond acceptors (Lipinski definition) is 8. The number of ether oxygens (including phenoxy) is 2. The van der Waals surface area contributed by atoms with Gasteiger partial charge >= 0.3 is 6.09 Å². The molecule has 1 aromatic carbocycles. The lowest BCUT2D eigenvalue weighted by Gasteiger charge is -2.26. The van der Waals surface area contributed by atoms with Crippen molar-refractivity contribution in [2.45, 2.75) is 32.5 Å². The van der Waals surface area contributed by atoms with Gasteiger partial charge in [-0.05, 0) is 43.7 Å². The standard InChI is InChI=1S/C21H27N7O3/c1-13(24-21(29)31-4)11-28-19-16(10-23-28)9-22-20(26-19)25-17-7-15-12-27(2)6-5-14(15)8-18(17)30-3/h7-10,13H,5-6,11-12H2,1-4H3,(H,24,29)(H,22,25,26). The van der Waals surface area contributed by atoms with Crippen LogP contribution in [0.2, 0.25) is 0 Å². The van der Waals surface area contributed by atoms with Crippen molar-refractivity contribution in [2.75, 3.05) is 33.1 Å². The van der Waals surface area contributed by atoms with E-state index in [1.54, 1.807) is 24.2 Å². The van der Waals surface area contributed by atoms with E-state index < -0.39 is 6.09 Å². The number of nitrogens with zero attached hydrogens (tertiary/aromatic N) is 5. The summed E-state index contributed by atoms with van der Waals surface area (Å²) in [5, 5.41) is 11.2. The Hall–Kier alpha value is -3.40. The SMILES string of the molecule is COC(=O)NC(C)Cn1ncc2cnc(Nc3cc4c(cc3OC)CCN(C)C4)nc21. The van der Waals surface area contributed by atoms with Crippen molar-refractivity contribution in [3.05, 3.63) is 35.7 Å². The zero-order chi connectivity index (χ0) is 22.0. The summed E-state index contributed by atoms with van der Waals surface area (Å²) >= 11 is 0. The summed E-state index contributed by atoms with van der Waals surface area (Å²) in [5.41, 5.74) is 4.07. The van der Waals surface area contributed by atoms with Crippen LogP contribution in [0.25, 0.3) is 11.0 Å². The molecule has 1 aliphatic heterocycles. The molecule has 10 heteroatoms. The molecule has 0 aliphatic carbocycles. The van der Waals surface area contributed by atoms with E-state index in [1.165, 1.54) is 18.2 Å². The number of carbonyl (C=O) groups is 1. The average molecular weight is 425 g/mol. The van der Waals surface area contributed by atoms with Gasteiger partial charge in [0.2, 0.25) is 5.95 Å². The number of aromatic nitrogens is 4. The van der Waals surface area contributed by atoms with E-state index in [0.717, 1.165) is 36.3 Å². The van der Waals surface area contributed by atoms with Crippen LogP contribution in [0.1, 0.15) is 18.1 Å². The van der Waals surface area contributed by atoms with Crippen molar-refractivity contribution in [3.63, 3.8) is 0 Å². The Labute approximate surface area is 180 Å². The first-order chi connectivity index (χ1) is 15.0. The number of benzene rings is 1. The summed E-state index contributed by atoms with van der Waals surface area (Å²) in [4.78, 5) is 22.8. The highest BCUT2D eigenvalue weighted by Gasteiger charge is 2.18. The molecule has 0 radical (unpaired) electrons. The van der Waals surface area contributed by atoms with Crippen molar-refractivity contribution in [2.24, 2.45) is 0 Å². The Bertz CT molecular complexity index is 1100. The third-order valence-corrected chi connectivity index (χ3v) is 5.34. The minimum absolute atomic E-state index is 0.181. The molecular formula is C21H27N7O3. The molecule has 10 nitrogen and oxygen atoms in total. The largest absolute Gasteiger partial charge is 0.495 e. The lowest BCUT2D eigenvalue weighted by molar-refractivity contribution is 0.166. The van der Waals surface area contributed by atoms with Gasteiger partial charge in [0.15, 0.2) is 5.65 Å². The molecule has 0 fully saturated rings. The van der Waals surface area contributed by atoms with E-state index in [1.807, 2.05) is 6.92 Å². The fourth-order valence-corrected chi connectivity index (χ4v) is 3.74. The highest BCUT2D eigenvalue weighted by molar-refractivity contribution is 5.76. The summed E-state index contributed by atoms with van der Waals surface area (Å²) in [6.07, 6.45) is 3.96. The Morgan fingerprint density at radius 1 is 1.26 bits per heavy atom. The number of amides is 1. The number of fused-ring (bicyclic) bond motifs is 2. The maximum absolute atomic E-state index is 11.4. The van der Waals surface area contributed by atoms with Gasteiger partial charge in [-0.25, -0.2) is 14.5 Å². The fraction of sp³-hybridized carbons (Fsp3) is 0.429. The zero-order valence-corrected chi connectivity index (χ0v) is 18.2. The molecule has 1 aliphatic rings. The fourth-order valence-electron chi connectivity index (χ4n) is 3.74. The number of anilines is 2. The predicted molar refractivity (Wildman–Crippen MR) is 117 cm³/mol. The van der Waals surface area contributed by atoms with Crippen molar-refractivity contribution in [3.8, 4) is 5.75 Å². The molecule has 3 heterocycles. The van der Waals surface area contributed by atoms with Crippen LogP contribution >= 0.6 is 0 Å². The van der Waals surface area contributed by atoms with Crippen LogP contribution in [0.4, 0.5) is 16.4 Å². The minimum Gasteiger partial charge on any atom is -0.495 e. The van der Waals surface area contributed by atoms with Gasteiger partial charge < -0.3 is 25.0 Å². The van der Waals surface area contributed by atoms with E-state index in [2.05, 4.69) is 54.5 Å². The Balaban J connectivity index is 1.59. The quantitative estimate of drug-likeness (QED) is 0.620. The maximum Gasteiger partial charge on any atom is 0.407 e. The van der Waals surface area contributed by atoms with Crippen LogP contribution in [0, 0.1) is 0 Å². The molecule has 4 rings (SSSR count). The molecule has 1 unspecified atom stereocenters. The molecule has 1 atom stereocenters. The summed E-state index contributed by atoms with van der Waals surface area (Å²) in [5.74, 6) is 1.21. The second-order valence-corrected chi connectivity index (χ2v) is 7.77. The number of carbonyl (C=O) groups excluding carboxylic acids is 1. The summed E-state index contributed by atoms with van der Waals surface area (Å²) < 4.78 is 12.0. The predicted octanol–water partition coefficient (Wildman–Crippen LogP) is 2.31. The Kier molecular flexibility index (Phi) is 5.90. The number of rotatable bonds is 6. The molecule has 2 aromatic heterocycles. The molecule has 2 N–H and O–H groups in total. The van der Waals surface area contributed by atoms with Gasteiger partial charge in [-0.2, -0.15) is 10.1 Å². The average Bonchev–Trinajstić information content (AvgIpc) is 3.15. The molecule has 3 aromatic rings. The summed E-state index contributed by atoms with van der Waals surface area (Å²) in [7, 11) is 5.12. The second kappa shape index (κ2) is 8.76. The van der Waals surface area contributed by atoms with Gasteiger partial charge in [0, 0.05) is 25.3 Å². The van der Waals surface area contributed by atoms with Crippen LogP contribution in [-0.2, 0) is 24.2 Å². The van der Waals surface area contributed by atoms with Crippen LogP contribution in [-0.4, -0.2) is 64.6 Å². The number of alkyl carbamates (subject to hydrolysis) is 1. The third-order valence-electron chi connectivity index (χ3n) is 5.34. The number of likely N-dealkylation sites (N-methyl/N-ethyl adjacent to an activating group) is 1. The van der Waals surface area contributed by atoms with Crippen molar-refractivity contribution in [1.29, 1.82) is 0 Å². The molecule has 31 heavy (non-hydrogen) atoms. The summed E-state index contributed by atoms with van der Waals surface area (Å²) in [6.45, 7) is 4.26. The molecule has 0 saturated carbocycles. The second-order valence-electron chi connectivity index (χ2n) is 7.77. The van der Waals surface area contributed by atoms with Crippen LogP contribution in [0.3, 0.4) is 0 Å². The number of methoxy groups -OCH3 is 2. The molecule has 0 bridgehead atoms. The van der Waals surface area contributed by atoms with Crippen molar-refractivity contribution in [1.82, 2.24) is 30.0 Å². The van der Waals surface area contributed by atoms with Gasteiger partial charge in [0.05, 0.1) is 38.0 Å². The number of nitrogens with one attached hydrogen (secondary N) is 2. The topological polar surface area (TPSA) is 106 Å². The van der Waals surface area contributed by atoms with Gasteiger partial charge in [-0.1, -0.05) is 0 Å². The molecule has 0 saturated heterocycles. The zero-order valence-electron chi connectivity index (χ0n) is 18.2. The first-order valence-corrected chi connectivity index (χ1v) is 10.1. The Morgan fingerprint density at radius 2 is 2.10 bits per heavy atom. The van der Waals surface area contributed by atoms with Crippen molar-refractivity contribution >= 4 is 28.8 Å². The first kappa shape index (κ1) is 20.9. The molecule has 1 amide bonds. The lowest BCUT2D eigenvalue weighted by Crippen LogP contribution is -2.35. The third kappa shape index (κ3) is 4.53. The minimum atomic E-state index is -0.480. The van der Waals surface area contributed by atoms with Crippen LogP contribution in [0.5, 0.6) is 5.75 Å². The monoisotopic (exact) mass is 425 g/mol.